The third-order valence-corrected chi connectivity index (χ3v) is 4.63. The van der Waals surface area contributed by atoms with E-state index in [1.807, 2.05) is 57.3 Å². The van der Waals surface area contributed by atoms with Crippen LogP contribution in [0.15, 0.2) is 52.9 Å². The number of quaternary nitrogens is 1. The topological polar surface area (TPSA) is 81.7 Å². The number of hydrogen-bond donors (Lipinski definition) is 2. The van der Waals surface area contributed by atoms with Gasteiger partial charge in [0.1, 0.15) is 5.75 Å². The molecular formula is C21H25N4O3+. The standard InChI is InChI=1S/C21H24N4O3/c1-14-6-5-7-16(12-14)21-24-23-20(28-21)15(2)25(3)13-19(26)22-17-8-10-18(27-4)11-9-17/h5-12,15H,13H2,1-4H3,(H,22,26)/p+1/t15-/m1/s1. The fourth-order valence-electron chi connectivity index (χ4n) is 2.80. The molecule has 2 atom stereocenters. The number of ether oxygens (including phenoxy) is 1. The molecule has 7 heteroatoms. The van der Waals surface area contributed by atoms with Gasteiger partial charge < -0.3 is 19.4 Å². The fourth-order valence-corrected chi connectivity index (χ4v) is 2.80. The van der Waals surface area contributed by atoms with Crippen molar-refractivity contribution in [3.63, 3.8) is 0 Å². The van der Waals surface area contributed by atoms with Gasteiger partial charge in [0, 0.05) is 11.3 Å². The van der Waals surface area contributed by atoms with Gasteiger partial charge >= 0.3 is 0 Å². The van der Waals surface area contributed by atoms with E-state index in [9.17, 15) is 4.79 Å². The number of anilines is 1. The van der Waals surface area contributed by atoms with Crippen molar-refractivity contribution in [3.05, 3.63) is 60.0 Å². The van der Waals surface area contributed by atoms with Gasteiger partial charge in [-0.25, -0.2) is 0 Å². The molecule has 1 heterocycles. The lowest BCUT2D eigenvalue weighted by atomic mass is 10.1. The summed E-state index contributed by atoms with van der Waals surface area (Å²) in [4.78, 5) is 13.3. The molecule has 0 aliphatic heterocycles. The average Bonchev–Trinajstić information content (AvgIpc) is 3.18. The highest BCUT2D eigenvalue weighted by Gasteiger charge is 2.24. The second-order valence-electron chi connectivity index (χ2n) is 6.84. The zero-order chi connectivity index (χ0) is 20.1. The number of carbonyl (C=O) groups is 1. The average molecular weight is 381 g/mol. The maximum atomic E-state index is 12.3. The molecule has 1 aromatic heterocycles. The number of likely N-dealkylation sites (N-methyl/N-ethyl adjacent to an activating group) is 1. The Morgan fingerprint density at radius 2 is 1.96 bits per heavy atom. The number of amides is 1. The van der Waals surface area contributed by atoms with Gasteiger partial charge in [-0.05, 0) is 50.2 Å². The zero-order valence-electron chi connectivity index (χ0n) is 16.5. The quantitative estimate of drug-likeness (QED) is 0.656. The normalized spacial score (nSPS) is 13.0. The highest BCUT2D eigenvalue weighted by molar-refractivity contribution is 5.91. The van der Waals surface area contributed by atoms with Crippen LogP contribution in [0.4, 0.5) is 5.69 Å². The predicted molar refractivity (Wildman–Crippen MR) is 106 cm³/mol. The highest BCUT2D eigenvalue weighted by Crippen LogP contribution is 2.20. The third kappa shape index (κ3) is 4.75. The van der Waals surface area contributed by atoms with Gasteiger partial charge in [0.05, 0.1) is 14.2 Å². The largest absolute Gasteiger partial charge is 0.497 e. The van der Waals surface area contributed by atoms with E-state index in [4.69, 9.17) is 9.15 Å². The van der Waals surface area contributed by atoms with Gasteiger partial charge in [-0.1, -0.05) is 17.7 Å². The lowest BCUT2D eigenvalue weighted by Gasteiger charge is -2.18. The molecule has 0 aliphatic carbocycles. The maximum Gasteiger partial charge on any atom is 0.279 e. The van der Waals surface area contributed by atoms with Gasteiger partial charge in [-0.3, -0.25) is 4.79 Å². The SMILES string of the molecule is COc1ccc(NC(=O)C[NH+](C)[C@H](C)c2nnc(-c3cccc(C)c3)o2)cc1. The molecule has 0 bridgehead atoms. The molecule has 0 fully saturated rings. The Hall–Kier alpha value is -3.19. The van der Waals surface area contributed by atoms with E-state index in [1.54, 1.807) is 19.2 Å². The van der Waals surface area contributed by atoms with Crippen LogP contribution in [0.25, 0.3) is 11.5 Å². The minimum Gasteiger partial charge on any atom is -0.497 e. The van der Waals surface area contributed by atoms with Gasteiger partial charge in [-0.2, -0.15) is 0 Å². The van der Waals surface area contributed by atoms with Crippen LogP contribution in [0.2, 0.25) is 0 Å². The van der Waals surface area contributed by atoms with Gasteiger partial charge in [0.15, 0.2) is 12.6 Å². The molecule has 7 nitrogen and oxygen atoms in total. The van der Waals surface area contributed by atoms with Crippen molar-refractivity contribution in [2.24, 2.45) is 0 Å². The van der Waals surface area contributed by atoms with Gasteiger partial charge in [0.25, 0.3) is 11.8 Å². The Kier molecular flexibility index (Phi) is 6.06. The summed E-state index contributed by atoms with van der Waals surface area (Å²) >= 11 is 0. The number of rotatable bonds is 7. The van der Waals surface area contributed by atoms with Crippen molar-refractivity contribution in [2.75, 3.05) is 26.0 Å². The van der Waals surface area contributed by atoms with Crippen molar-refractivity contribution in [3.8, 4) is 17.2 Å². The number of aryl methyl sites for hydroxylation is 1. The van der Waals surface area contributed by atoms with Crippen molar-refractivity contribution in [2.45, 2.75) is 19.9 Å². The maximum absolute atomic E-state index is 12.3. The molecule has 1 amide bonds. The number of nitrogens with zero attached hydrogens (tertiary/aromatic N) is 2. The smallest absolute Gasteiger partial charge is 0.279 e. The van der Waals surface area contributed by atoms with Crippen molar-refractivity contribution >= 4 is 11.6 Å². The van der Waals surface area contributed by atoms with Crippen LogP contribution in [0, 0.1) is 6.92 Å². The van der Waals surface area contributed by atoms with Crippen molar-refractivity contribution in [1.82, 2.24) is 10.2 Å². The number of aromatic nitrogens is 2. The molecule has 2 N–H and O–H groups in total. The van der Waals surface area contributed by atoms with Crippen molar-refractivity contribution < 1.29 is 18.8 Å². The molecular weight excluding hydrogens is 356 g/mol. The number of benzene rings is 2. The predicted octanol–water partition coefficient (Wildman–Crippen LogP) is 2.27. The number of methoxy groups -OCH3 is 1. The molecule has 146 valence electrons. The molecule has 0 saturated heterocycles. The first-order valence-corrected chi connectivity index (χ1v) is 9.13. The summed E-state index contributed by atoms with van der Waals surface area (Å²) in [6.07, 6.45) is 0. The Bertz CT molecular complexity index is 937. The van der Waals surface area contributed by atoms with E-state index in [2.05, 4.69) is 15.5 Å². The molecule has 0 saturated carbocycles. The molecule has 0 radical (unpaired) electrons. The van der Waals surface area contributed by atoms with Gasteiger partial charge in [0.2, 0.25) is 5.89 Å². The lowest BCUT2D eigenvalue weighted by Crippen LogP contribution is -3.10. The summed E-state index contributed by atoms with van der Waals surface area (Å²) in [6.45, 7) is 4.25. The first-order chi connectivity index (χ1) is 13.5. The summed E-state index contributed by atoms with van der Waals surface area (Å²) in [5.74, 6) is 1.65. The Morgan fingerprint density at radius 3 is 2.64 bits per heavy atom. The van der Waals surface area contributed by atoms with E-state index in [0.717, 1.165) is 27.5 Å². The fraction of sp³-hybridized carbons (Fsp3) is 0.286. The second-order valence-corrected chi connectivity index (χ2v) is 6.84. The van der Waals surface area contributed by atoms with Crippen LogP contribution in [0.5, 0.6) is 5.75 Å². The Balaban J connectivity index is 1.60. The lowest BCUT2D eigenvalue weighted by molar-refractivity contribution is -0.903. The molecule has 0 spiro atoms. The van der Waals surface area contributed by atoms with E-state index in [0.29, 0.717) is 11.8 Å². The molecule has 2 aromatic carbocycles. The molecule has 0 aliphatic rings. The minimum atomic E-state index is -0.118. The summed E-state index contributed by atoms with van der Waals surface area (Å²) in [5.41, 5.74) is 2.75. The summed E-state index contributed by atoms with van der Waals surface area (Å²) < 4.78 is 11.0. The summed E-state index contributed by atoms with van der Waals surface area (Å²) in [7, 11) is 3.53. The Labute approximate surface area is 164 Å². The van der Waals surface area contributed by atoms with Crippen LogP contribution < -0.4 is 15.0 Å². The van der Waals surface area contributed by atoms with Gasteiger partial charge in [-0.15, -0.1) is 10.2 Å². The van der Waals surface area contributed by atoms with Crippen LogP contribution in [-0.4, -0.2) is 36.8 Å². The third-order valence-electron chi connectivity index (χ3n) is 4.63. The van der Waals surface area contributed by atoms with Crippen LogP contribution in [-0.2, 0) is 4.79 Å². The van der Waals surface area contributed by atoms with E-state index in [-0.39, 0.29) is 18.5 Å². The van der Waals surface area contributed by atoms with E-state index in [1.165, 1.54) is 0 Å². The highest BCUT2D eigenvalue weighted by atomic mass is 16.5. The van der Waals surface area contributed by atoms with Crippen LogP contribution in [0.1, 0.15) is 24.4 Å². The summed E-state index contributed by atoms with van der Waals surface area (Å²) in [6, 6.07) is 15.0. The van der Waals surface area contributed by atoms with Crippen LogP contribution >= 0.6 is 0 Å². The molecule has 3 aromatic rings. The van der Waals surface area contributed by atoms with E-state index >= 15 is 0 Å². The Morgan fingerprint density at radius 1 is 1.21 bits per heavy atom. The number of nitrogens with one attached hydrogen (secondary N) is 2. The zero-order valence-corrected chi connectivity index (χ0v) is 16.5. The first kappa shape index (κ1) is 19.6. The monoisotopic (exact) mass is 381 g/mol. The molecule has 28 heavy (non-hydrogen) atoms. The number of hydrogen-bond acceptors (Lipinski definition) is 5. The molecule has 1 unspecified atom stereocenters. The summed E-state index contributed by atoms with van der Waals surface area (Å²) in [5, 5.41) is 11.2. The van der Waals surface area contributed by atoms with Crippen molar-refractivity contribution in [1.29, 1.82) is 0 Å². The second kappa shape index (κ2) is 8.67. The number of carbonyl (C=O) groups excluding carboxylic acids is 1. The van der Waals surface area contributed by atoms with Crippen LogP contribution in [0.3, 0.4) is 0 Å². The molecule has 3 rings (SSSR count). The van der Waals surface area contributed by atoms with E-state index < -0.39 is 0 Å². The first-order valence-electron chi connectivity index (χ1n) is 9.13. The minimum absolute atomic E-state index is 0.0899.